The van der Waals surface area contributed by atoms with Crippen LogP contribution in [-0.2, 0) is 0 Å². The van der Waals surface area contributed by atoms with Crippen LogP contribution in [0.4, 0.5) is 0 Å². The van der Waals surface area contributed by atoms with Crippen molar-refractivity contribution in [1.82, 2.24) is 9.97 Å². The summed E-state index contributed by atoms with van der Waals surface area (Å²) in [5.74, 6) is 0. The average molecular weight is 269 g/mol. The van der Waals surface area contributed by atoms with Crippen LogP contribution in [0.2, 0.25) is 0 Å². The van der Waals surface area contributed by atoms with E-state index in [0.717, 1.165) is 33.1 Å². The van der Waals surface area contributed by atoms with Crippen LogP contribution in [0.3, 0.4) is 0 Å². The Hall–Kier alpha value is -3.12. The summed E-state index contributed by atoms with van der Waals surface area (Å²) in [6.45, 7) is 0. The zero-order valence-corrected chi connectivity index (χ0v) is 11.2. The highest BCUT2D eigenvalue weighted by atomic mass is 14.7. The van der Waals surface area contributed by atoms with Crippen molar-refractivity contribution in [1.29, 1.82) is 5.26 Å². The van der Waals surface area contributed by atoms with Crippen LogP contribution >= 0.6 is 0 Å². The van der Waals surface area contributed by atoms with E-state index in [9.17, 15) is 5.26 Å². The SMILES string of the molecule is N#Cc1cc2ccccc2nc1-c1c[nH]c2ccccc12. The molecule has 0 radical (unpaired) electrons. The van der Waals surface area contributed by atoms with E-state index in [0.29, 0.717) is 5.56 Å². The number of H-pyrrole nitrogens is 1. The molecule has 21 heavy (non-hydrogen) atoms. The summed E-state index contributed by atoms with van der Waals surface area (Å²) >= 11 is 0. The molecule has 3 nitrogen and oxygen atoms in total. The molecule has 0 saturated carbocycles. The fraction of sp³-hybridized carbons (Fsp3) is 0. The van der Waals surface area contributed by atoms with E-state index in [2.05, 4.69) is 11.1 Å². The van der Waals surface area contributed by atoms with Gasteiger partial charge in [0.15, 0.2) is 0 Å². The maximum atomic E-state index is 9.45. The van der Waals surface area contributed by atoms with Crippen LogP contribution in [0.5, 0.6) is 0 Å². The summed E-state index contributed by atoms with van der Waals surface area (Å²) in [7, 11) is 0. The minimum Gasteiger partial charge on any atom is -0.360 e. The second kappa shape index (κ2) is 4.46. The fourth-order valence-corrected chi connectivity index (χ4v) is 2.67. The van der Waals surface area contributed by atoms with Gasteiger partial charge in [0.25, 0.3) is 0 Å². The molecule has 2 aromatic carbocycles. The van der Waals surface area contributed by atoms with E-state index in [4.69, 9.17) is 4.98 Å². The number of nitrogens with one attached hydrogen (secondary N) is 1. The molecular weight excluding hydrogens is 258 g/mol. The van der Waals surface area contributed by atoms with E-state index < -0.39 is 0 Å². The molecule has 0 fully saturated rings. The van der Waals surface area contributed by atoms with Crippen LogP contribution in [0.15, 0.2) is 60.8 Å². The number of nitriles is 1. The molecule has 2 aromatic heterocycles. The highest BCUT2D eigenvalue weighted by Crippen LogP contribution is 2.31. The third-order valence-electron chi connectivity index (χ3n) is 3.69. The second-order valence-electron chi connectivity index (χ2n) is 4.94. The normalized spacial score (nSPS) is 10.8. The van der Waals surface area contributed by atoms with Crippen molar-refractivity contribution < 1.29 is 0 Å². The molecule has 4 aromatic rings. The van der Waals surface area contributed by atoms with Crippen LogP contribution in [0, 0.1) is 11.3 Å². The Kier molecular flexibility index (Phi) is 2.48. The van der Waals surface area contributed by atoms with Crippen molar-refractivity contribution in [3.8, 4) is 17.3 Å². The first kappa shape index (κ1) is 11.7. The highest BCUT2D eigenvalue weighted by molar-refractivity contribution is 5.97. The molecule has 0 aliphatic rings. The second-order valence-corrected chi connectivity index (χ2v) is 4.94. The number of benzene rings is 2. The molecule has 1 N–H and O–H groups in total. The average Bonchev–Trinajstić information content (AvgIpc) is 2.97. The Labute approximate surface area is 121 Å². The Morgan fingerprint density at radius 1 is 1.00 bits per heavy atom. The summed E-state index contributed by atoms with van der Waals surface area (Å²) in [4.78, 5) is 7.93. The molecular formula is C18H11N3. The van der Waals surface area contributed by atoms with Crippen LogP contribution in [0.25, 0.3) is 33.1 Å². The van der Waals surface area contributed by atoms with Crippen molar-refractivity contribution in [2.75, 3.05) is 0 Å². The fourth-order valence-electron chi connectivity index (χ4n) is 2.67. The Bertz CT molecular complexity index is 1010. The van der Waals surface area contributed by atoms with Crippen molar-refractivity contribution >= 4 is 21.8 Å². The quantitative estimate of drug-likeness (QED) is 0.561. The molecule has 98 valence electrons. The first-order valence-corrected chi connectivity index (χ1v) is 6.73. The van der Waals surface area contributed by atoms with Gasteiger partial charge < -0.3 is 4.98 Å². The Morgan fingerprint density at radius 2 is 1.81 bits per heavy atom. The number of rotatable bonds is 1. The predicted octanol–water partition coefficient (Wildman–Crippen LogP) is 4.25. The van der Waals surface area contributed by atoms with Crippen LogP contribution in [-0.4, -0.2) is 9.97 Å². The maximum absolute atomic E-state index is 9.45. The van der Waals surface area contributed by atoms with E-state index in [1.165, 1.54) is 0 Å². The molecule has 0 saturated heterocycles. The number of aromatic amines is 1. The first-order valence-electron chi connectivity index (χ1n) is 6.73. The molecule has 0 amide bonds. The molecule has 0 spiro atoms. The minimum absolute atomic E-state index is 0.596. The summed E-state index contributed by atoms with van der Waals surface area (Å²) in [6.07, 6.45) is 1.92. The van der Waals surface area contributed by atoms with Gasteiger partial charge in [-0.25, -0.2) is 4.98 Å². The molecule has 0 aliphatic carbocycles. The number of nitrogens with zero attached hydrogens (tertiary/aromatic N) is 2. The van der Waals surface area contributed by atoms with Crippen LogP contribution in [0.1, 0.15) is 5.56 Å². The van der Waals surface area contributed by atoms with E-state index in [1.807, 2.05) is 60.8 Å². The summed E-state index contributed by atoms with van der Waals surface area (Å²) < 4.78 is 0. The Balaban J connectivity index is 2.08. The third kappa shape index (κ3) is 1.78. The summed E-state index contributed by atoms with van der Waals surface area (Å²) in [5.41, 5.74) is 4.24. The van der Waals surface area contributed by atoms with Gasteiger partial charge in [0.2, 0.25) is 0 Å². The zero-order chi connectivity index (χ0) is 14.2. The van der Waals surface area contributed by atoms with Crippen LogP contribution < -0.4 is 0 Å². The minimum atomic E-state index is 0.596. The van der Waals surface area contributed by atoms with E-state index in [1.54, 1.807) is 0 Å². The van der Waals surface area contributed by atoms with Crippen molar-refractivity contribution in [3.05, 3.63) is 66.4 Å². The third-order valence-corrected chi connectivity index (χ3v) is 3.69. The van der Waals surface area contributed by atoms with Gasteiger partial charge in [0, 0.05) is 28.0 Å². The molecule has 0 bridgehead atoms. The first-order chi connectivity index (χ1) is 10.4. The van der Waals surface area contributed by atoms with Gasteiger partial charge in [-0.1, -0.05) is 36.4 Å². The number of hydrogen-bond acceptors (Lipinski definition) is 2. The summed E-state index contributed by atoms with van der Waals surface area (Å²) in [5, 5.41) is 11.5. The number of hydrogen-bond donors (Lipinski definition) is 1. The lowest BCUT2D eigenvalue weighted by Crippen LogP contribution is -1.90. The van der Waals surface area contributed by atoms with Gasteiger partial charge >= 0.3 is 0 Å². The smallest absolute Gasteiger partial charge is 0.101 e. The van der Waals surface area contributed by atoms with Crippen molar-refractivity contribution in [2.24, 2.45) is 0 Å². The standard InChI is InChI=1S/C18H11N3/c19-10-13-9-12-5-1-3-7-16(12)21-18(13)15-11-20-17-8-4-2-6-14(15)17/h1-9,11,20H. The largest absolute Gasteiger partial charge is 0.360 e. The number of fused-ring (bicyclic) bond motifs is 2. The monoisotopic (exact) mass is 269 g/mol. The van der Waals surface area contributed by atoms with Crippen molar-refractivity contribution in [3.63, 3.8) is 0 Å². The van der Waals surface area contributed by atoms with Gasteiger partial charge in [0.05, 0.1) is 16.8 Å². The molecule has 0 atom stereocenters. The number of para-hydroxylation sites is 2. The number of pyridine rings is 1. The van der Waals surface area contributed by atoms with Gasteiger partial charge in [0.1, 0.15) is 6.07 Å². The molecule has 4 rings (SSSR count). The maximum Gasteiger partial charge on any atom is 0.101 e. The molecule has 0 unspecified atom stereocenters. The lowest BCUT2D eigenvalue weighted by atomic mass is 10.0. The van der Waals surface area contributed by atoms with Gasteiger partial charge in [-0.3, -0.25) is 0 Å². The zero-order valence-electron chi connectivity index (χ0n) is 11.2. The molecule has 3 heteroatoms. The van der Waals surface area contributed by atoms with Gasteiger partial charge in [-0.15, -0.1) is 0 Å². The van der Waals surface area contributed by atoms with Gasteiger partial charge in [-0.2, -0.15) is 5.26 Å². The topological polar surface area (TPSA) is 52.5 Å². The molecule has 2 heterocycles. The lowest BCUT2D eigenvalue weighted by Gasteiger charge is -2.05. The number of aromatic nitrogens is 2. The van der Waals surface area contributed by atoms with Gasteiger partial charge in [-0.05, 0) is 18.2 Å². The Morgan fingerprint density at radius 3 is 2.71 bits per heavy atom. The van der Waals surface area contributed by atoms with E-state index in [-0.39, 0.29) is 0 Å². The molecule has 0 aliphatic heterocycles. The van der Waals surface area contributed by atoms with Crippen molar-refractivity contribution in [2.45, 2.75) is 0 Å². The highest BCUT2D eigenvalue weighted by Gasteiger charge is 2.12. The lowest BCUT2D eigenvalue weighted by molar-refractivity contribution is 1.36. The summed E-state index contributed by atoms with van der Waals surface area (Å²) in [6, 6.07) is 20.1. The predicted molar refractivity (Wildman–Crippen MR) is 83.8 cm³/mol. The van der Waals surface area contributed by atoms with E-state index >= 15 is 0 Å².